The first-order valence-electron chi connectivity index (χ1n) is 9.00. The highest BCUT2D eigenvalue weighted by Gasteiger charge is 2.55. The van der Waals surface area contributed by atoms with Crippen LogP contribution in [0.15, 0.2) is 53.6 Å². The molecular formula is C20H18F3N3O2S. The number of benzene rings is 1. The number of ether oxygens (including phenoxy) is 1. The Morgan fingerprint density at radius 2 is 2.10 bits per heavy atom. The Morgan fingerprint density at radius 3 is 2.79 bits per heavy atom. The van der Waals surface area contributed by atoms with Crippen molar-refractivity contribution in [3.05, 3.63) is 75.9 Å². The molecule has 0 spiro atoms. The van der Waals surface area contributed by atoms with E-state index >= 15 is 0 Å². The third kappa shape index (κ3) is 3.56. The molecule has 1 aliphatic heterocycles. The van der Waals surface area contributed by atoms with Crippen LogP contribution in [0.3, 0.4) is 0 Å². The van der Waals surface area contributed by atoms with Gasteiger partial charge in [-0.2, -0.15) is 24.5 Å². The first-order valence-corrected chi connectivity index (χ1v) is 9.94. The Labute approximate surface area is 169 Å². The molecule has 2 aromatic heterocycles. The van der Waals surface area contributed by atoms with E-state index in [9.17, 15) is 18.3 Å². The zero-order valence-corrected chi connectivity index (χ0v) is 16.2. The Balaban J connectivity index is 1.57. The number of nitrogens with zero attached hydrogens (tertiary/aromatic N) is 3. The number of halogens is 3. The van der Waals surface area contributed by atoms with E-state index in [4.69, 9.17) is 4.74 Å². The van der Waals surface area contributed by atoms with Crippen molar-refractivity contribution >= 4 is 11.3 Å². The lowest BCUT2D eigenvalue weighted by Gasteiger charge is -2.26. The van der Waals surface area contributed by atoms with Crippen LogP contribution in [0.4, 0.5) is 13.2 Å². The topological polar surface area (TPSA) is 60.2 Å². The highest BCUT2D eigenvalue weighted by Crippen LogP contribution is 2.41. The second-order valence-corrected chi connectivity index (χ2v) is 7.65. The second-order valence-electron chi connectivity index (χ2n) is 6.87. The van der Waals surface area contributed by atoms with Gasteiger partial charge in [0.25, 0.3) is 0 Å². The van der Waals surface area contributed by atoms with Gasteiger partial charge in [-0.05, 0) is 46.5 Å². The van der Waals surface area contributed by atoms with Gasteiger partial charge in [0.05, 0.1) is 19.0 Å². The van der Waals surface area contributed by atoms with Crippen molar-refractivity contribution < 1.29 is 23.0 Å². The number of aromatic nitrogens is 3. The number of thiophene rings is 1. The van der Waals surface area contributed by atoms with Crippen LogP contribution >= 0.6 is 11.3 Å². The van der Waals surface area contributed by atoms with Crippen LogP contribution in [-0.2, 0) is 12.1 Å². The van der Waals surface area contributed by atoms with Crippen molar-refractivity contribution in [2.75, 3.05) is 0 Å². The van der Waals surface area contributed by atoms with Crippen molar-refractivity contribution in [1.82, 2.24) is 15.0 Å². The summed E-state index contributed by atoms with van der Waals surface area (Å²) in [6.45, 7) is 1.46. The maximum absolute atomic E-state index is 13.2. The Bertz CT molecular complexity index is 1030. The van der Waals surface area contributed by atoms with Gasteiger partial charge < -0.3 is 9.84 Å². The van der Waals surface area contributed by atoms with E-state index in [0.717, 1.165) is 17.3 Å². The van der Waals surface area contributed by atoms with E-state index in [1.807, 2.05) is 29.7 Å². The van der Waals surface area contributed by atoms with Crippen molar-refractivity contribution in [2.45, 2.75) is 37.6 Å². The van der Waals surface area contributed by atoms with Gasteiger partial charge in [-0.15, -0.1) is 5.10 Å². The molecule has 3 heterocycles. The number of allylic oxidation sites excluding steroid dienone is 1. The molecule has 4 rings (SSSR count). The van der Waals surface area contributed by atoms with Crippen molar-refractivity contribution in [3.63, 3.8) is 0 Å². The van der Waals surface area contributed by atoms with Crippen molar-refractivity contribution in [1.29, 1.82) is 0 Å². The molecular weight excluding hydrogens is 403 g/mol. The maximum atomic E-state index is 13.2. The molecule has 0 aliphatic carbocycles. The Morgan fingerprint density at radius 1 is 1.28 bits per heavy atom. The molecule has 152 valence electrons. The predicted octanol–water partition coefficient (Wildman–Crippen LogP) is 4.59. The van der Waals surface area contributed by atoms with E-state index in [1.165, 1.54) is 17.2 Å². The standard InChI is InChI=1S/C20H18F3N3O2S/c1-2-19(27,20(21,22)23)18-11-26(25-24-18)10-13-3-4-16-15(14-6-8-29-12-14)5-7-28-17(16)9-13/h3-9,11-12,15,27H,2,10H2,1H3. The largest absolute Gasteiger partial charge is 0.465 e. The molecule has 1 aromatic carbocycles. The molecule has 0 amide bonds. The van der Waals surface area contributed by atoms with Gasteiger partial charge in [-0.25, -0.2) is 4.68 Å². The number of alkyl halides is 3. The van der Waals surface area contributed by atoms with Crippen LogP contribution in [0, 0.1) is 0 Å². The van der Waals surface area contributed by atoms with Crippen LogP contribution in [0.1, 0.15) is 41.6 Å². The zero-order chi connectivity index (χ0) is 20.6. The lowest BCUT2D eigenvalue weighted by molar-refractivity contribution is -0.269. The van der Waals surface area contributed by atoms with E-state index in [1.54, 1.807) is 17.6 Å². The van der Waals surface area contributed by atoms with E-state index in [0.29, 0.717) is 5.75 Å². The monoisotopic (exact) mass is 421 g/mol. The molecule has 5 nitrogen and oxygen atoms in total. The van der Waals surface area contributed by atoms with Gasteiger partial charge in [-0.3, -0.25) is 0 Å². The molecule has 1 aliphatic rings. The van der Waals surface area contributed by atoms with Crippen LogP contribution in [-0.4, -0.2) is 26.3 Å². The van der Waals surface area contributed by atoms with Gasteiger partial charge in [0.2, 0.25) is 5.60 Å². The first-order chi connectivity index (χ1) is 13.8. The molecule has 2 atom stereocenters. The summed E-state index contributed by atoms with van der Waals surface area (Å²) >= 11 is 1.63. The SMILES string of the molecule is CCC(O)(c1cn(Cc2ccc3c(c2)OC=CC3c2ccsc2)nn1)C(F)(F)F. The summed E-state index contributed by atoms with van der Waals surface area (Å²) in [4.78, 5) is 0. The van der Waals surface area contributed by atoms with Gasteiger partial charge in [0.1, 0.15) is 11.4 Å². The van der Waals surface area contributed by atoms with Gasteiger partial charge in [0.15, 0.2) is 0 Å². The fraction of sp³-hybridized carbons (Fsp3) is 0.300. The molecule has 9 heteroatoms. The third-order valence-corrected chi connectivity index (χ3v) is 5.77. The highest BCUT2D eigenvalue weighted by molar-refractivity contribution is 7.08. The highest BCUT2D eigenvalue weighted by atomic mass is 32.1. The second kappa shape index (κ2) is 7.31. The fourth-order valence-electron chi connectivity index (χ4n) is 3.35. The van der Waals surface area contributed by atoms with Crippen LogP contribution in [0.25, 0.3) is 0 Å². The van der Waals surface area contributed by atoms with Crippen LogP contribution in [0.5, 0.6) is 5.75 Å². The predicted molar refractivity (Wildman–Crippen MR) is 102 cm³/mol. The third-order valence-electron chi connectivity index (χ3n) is 5.07. The summed E-state index contributed by atoms with van der Waals surface area (Å²) in [5.41, 5.74) is -0.529. The zero-order valence-electron chi connectivity index (χ0n) is 15.4. The quantitative estimate of drug-likeness (QED) is 0.655. The molecule has 0 bridgehead atoms. The van der Waals surface area contributed by atoms with E-state index in [-0.39, 0.29) is 12.5 Å². The van der Waals surface area contributed by atoms with Crippen LogP contribution in [0.2, 0.25) is 0 Å². The van der Waals surface area contributed by atoms with Crippen LogP contribution < -0.4 is 4.74 Å². The molecule has 1 N–H and O–H groups in total. The number of hydrogen-bond acceptors (Lipinski definition) is 5. The molecule has 0 radical (unpaired) electrons. The molecule has 0 saturated heterocycles. The molecule has 29 heavy (non-hydrogen) atoms. The maximum Gasteiger partial charge on any atom is 0.423 e. The number of hydrogen-bond donors (Lipinski definition) is 1. The number of aliphatic hydroxyl groups is 1. The summed E-state index contributed by atoms with van der Waals surface area (Å²) in [6.07, 6.45) is -0.613. The normalized spacial score (nSPS) is 18.2. The Hall–Kier alpha value is -2.65. The fourth-order valence-corrected chi connectivity index (χ4v) is 4.05. The lowest BCUT2D eigenvalue weighted by Crippen LogP contribution is -2.42. The van der Waals surface area contributed by atoms with Gasteiger partial charge in [-0.1, -0.05) is 24.3 Å². The molecule has 2 unspecified atom stereocenters. The summed E-state index contributed by atoms with van der Waals surface area (Å²) in [7, 11) is 0. The summed E-state index contributed by atoms with van der Waals surface area (Å²) in [6, 6.07) is 7.74. The average molecular weight is 421 g/mol. The number of fused-ring (bicyclic) bond motifs is 1. The van der Waals surface area contributed by atoms with E-state index < -0.39 is 23.9 Å². The van der Waals surface area contributed by atoms with E-state index in [2.05, 4.69) is 21.8 Å². The molecule has 0 saturated carbocycles. The minimum Gasteiger partial charge on any atom is -0.465 e. The lowest BCUT2D eigenvalue weighted by atomic mass is 9.90. The first kappa shape index (κ1) is 19.7. The van der Waals surface area contributed by atoms with Crippen molar-refractivity contribution in [3.8, 4) is 5.75 Å². The van der Waals surface area contributed by atoms with Gasteiger partial charge >= 0.3 is 6.18 Å². The van der Waals surface area contributed by atoms with Gasteiger partial charge in [0, 0.05) is 11.5 Å². The number of rotatable bonds is 5. The smallest absolute Gasteiger partial charge is 0.423 e. The summed E-state index contributed by atoms with van der Waals surface area (Å²) in [5.74, 6) is 0.797. The Kier molecular flexibility index (Phi) is 4.95. The average Bonchev–Trinajstić information content (AvgIpc) is 3.38. The minimum absolute atomic E-state index is 0.100. The molecule has 3 aromatic rings. The minimum atomic E-state index is -4.83. The summed E-state index contributed by atoms with van der Waals surface area (Å²) < 4.78 is 46.6. The summed E-state index contributed by atoms with van der Waals surface area (Å²) in [5, 5.41) is 21.4. The van der Waals surface area contributed by atoms with Crippen molar-refractivity contribution in [2.24, 2.45) is 0 Å². The molecule has 0 fully saturated rings.